The van der Waals surface area contributed by atoms with E-state index in [-0.39, 0.29) is 11.6 Å². The van der Waals surface area contributed by atoms with Crippen LogP contribution in [0.25, 0.3) is 11.8 Å². The zero-order valence-electron chi connectivity index (χ0n) is 18.4. The van der Waals surface area contributed by atoms with Crippen LogP contribution in [0.4, 0.5) is 0 Å². The van der Waals surface area contributed by atoms with Gasteiger partial charge in [-0.05, 0) is 47.6 Å². The molecule has 168 valence electrons. The molecule has 6 rings (SSSR count). The number of thiophene rings is 1. The van der Waals surface area contributed by atoms with Gasteiger partial charge in [0, 0.05) is 16.0 Å². The normalized spacial score (nSPS) is 16.9. The number of hydrogen-bond acceptors (Lipinski definition) is 5. The number of fused-ring (bicyclic) bond motifs is 3. The summed E-state index contributed by atoms with van der Waals surface area (Å²) in [4.78, 5) is 20.8. The van der Waals surface area contributed by atoms with Crippen molar-refractivity contribution >= 4 is 34.4 Å². The van der Waals surface area contributed by atoms with E-state index in [0.29, 0.717) is 11.1 Å². The highest BCUT2D eigenvalue weighted by Gasteiger charge is 2.33. The maximum atomic E-state index is 13.8. The lowest BCUT2D eigenvalue weighted by Crippen LogP contribution is -2.38. The number of thiazole rings is 1. The summed E-state index contributed by atoms with van der Waals surface area (Å²) in [6.45, 7) is 4.14. The van der Waals surface area contributed by atoms with Crippen LogP contribution in [0.3, 0.4) is 0 Å². The van der Waals surface area contributed by atoms with Gasteiger partial charge >= 0.3 is 0 Å². The van der Waals surface area contributed by atoms with Gasteiger partial charge in [-0.3, -0.25) is 9.36 Å². The third-order valence-corrected chi connectivity index (χ3v) is 8.16. The number of para-hydroxylation sites is 1. The smallest absolute Gasteiger partial charge is 0.271 e. The lowest BCUT2D eigenvalue weighted by Gasteiger charge is -2.30. The Bertz CT molecular complexity index is 1610. The molecule has 2 aliphatic rings. The molecular weight excluding hydrogens is 460 g/mol. The number of rotatable bonds is 5. The average molecular weight is 483 g/mol. The van der Waals surface area contributed by atoms with Gasteiger partial charge in [0.25, 0.3) is 5.56 Å². The molecule has 0 fully saturated rings. The molecule has 6 heteroatoms. The molecule has 1 unspecified atom stereocenters. The first-order valence-corrected chi connectivity index (χ1v) is 12.9. The minimum atomic E-state index is -0.117. The first-order valence-electron chi connectivity index (χ1n) is 11.2. The van der Waals surface area contributed by atoms with Crippen molar-refractivity contribution in [2.45, 2.75) is 18.9 Å². The average Bonchev–Trinajstić information content (AvgIpc) is 3.51. The molecule has 2 aromatic heterocycles. The number of nitrogens with zero attached hydrogens (tertiary/aromatic N) is 2. The zero-order chi connectivity index (χ0) is 23.1. The Balaban J connectivity index is 1.58. The molecule has 0 N–H and O–H groups in total. The fourth-order valence-electron chi connectivity index (χ4n) is 4.74. The van der Waals surface area contributed by atoms with Crippen LogP contribution in [0, 0.1) is 0 Å². The van der Waals surface area contributed by atoms with Crippen LogP contribution in [-0.4, -0.2) is 11.2 Å². The second-order valence-electron chi connectivity index (χ2n) is 8.27. The van der Waals surface area contributed by atoms with Gasteiger partial charge < -0.3 is 4.74 Å². The number of ether oxygens (including phenoxy) is 1. The van der Waals surface area contributed by atoms with E-state index in [4.69, 9.17) is 9.73 Å². The Kier molecular flexibility index (Phi) is 5.40. The Morgan fingerprint density at radius 3 is 2.79 bits per heavy atom. The summed E-state index contributed by atoms with van der Waals surface area (Å²) in [6, 6.07) is 20.3. The van der Waals surface area contributed by atoms with Crippen molar-refractivity contribution in [2.24, 2.45) is 4.99 Å². The molecule has 0 radical (unpaired) electrons. The summed E-state index contributed by atoms with van der Waals surface area (Å²) in [5.74, 6) is 0.733. The van der Waals surface area contributed by atoms with E-state index < -0.39 is 0 Å². The second-order valence-corrected chi connectivity index (χ2v) is 10.3. The second kappa shape index (κ2) is 8.70. The first kappa shape index (κ1) is 21.1. The van der Waals surface area contributed by atoms with Crippen LogP contribution in [0.1, 0.15) is 34.0 Å². The van der Waals surface area contributed by atoms with Crippen LogP contribution in [0.5, 0.6) is 5.75 Å². The van der Waals surface area contributed by atoms with Crippen molar-refractivity contribution < 1.29 is 4.74 Å². The molecule has 0 amide bonds. The number of aryl methyl sites for hydroxylation is 1. The summed E-state index contributed by atoms with van der Waals surface area (Å²) >= 11 is 3.14. The fraction of sp³-hybridized carbons (Fsp3) is 0.143. The molecule has 0 saturated carbocycles. The van der Waals surface area contributed by atoms with E-state index in [1.165, 1.54) is 32.9 Å². The highest BCUT2D eigenvalue weighted by molar-refractivity contribution is 7.10. The Morgan fingerprint density at radius 2 is 1.94 bits per heavy atom. The third-order valence-electron chi connectivity index (χ3n) is 6.25. The van der Waals surface area contributed by atoms with Gasteiger partial charge in [0.2, 0.25) is 0 Å². The van der Waals surface area contributed by atoms with Gasteiger partial charge in [-0.25, -0.2) is 4.99 Å². The van der Waals surface area contributed by atoms with Gasteiger partial charge in [-0.15, -0.1) is 11.3 Å². The van der Waals surface area contributed by atoms with Gasteiger partial charge in [-0.2, -0.15) is 0 Å². The predicted molar refractivity (Wildman–Crippen MR) is 139 cm³/mol. The monoisotopic (exact) mass is 482 g/mol. The fourth-order valence-corrected chi connectivity index (χ4v) is 6.58. The lowest BCUT2D eigenvalue weighted by atomic mass is 9.85. The molecular formula is C28H22N2O2S2. The summed E-state index contributed by atoms with van der Waals surface area (Å²) < 4.78 is 8.36. The van der Waals surface area contributed by atoms with E-state index in [1.807, 2.05) is 34.9 Å². The molecule has 1 atom stereocenters. The third kappa shape index (κ3) is 3.50. The lowest BCUT2D eigenvalue weighted by molar-refractivity contribution is 0.362. The molecule has 34 heavy (non-hydrogen) atoms. The molecule has 3 heterocycles. The minimum absolute atomic E-state index is 0.00826. The molecule has 1 aliphatic carbocycles. The largest absolute Gasteiger partial charge is 0.489 e. The van der Waals surface area contributed by atoms with Gasteiger partial charge in [-0.1, -0.05) is 72.5 Å². The Morgan fingerprint density at radius 1 is 1.09 bits per heavy atom. The van der Waals surface area contributed by atoms with E-state index in [2.05, 4.69) is 48.4 Å². The van der Waals surface area contributed by atoms with Crippen molar-refractivity contribution in [2.75, 3.05) is 6.61 Å². The van der Waals surface area contributed by atoms with Crippen molar-refractivity contribution in [1.29, 1.82) is 0 Å². The molecule has 0 bridgehead atoms. The number of hydrogen-bond donors (Lipinski definition) is 0. The van der Waals surface area contributed by atoms with Crippen LogP contribution >= 0.6 is 22.7 Å². The first-order chi connectivity index (χ1) is 16.7. The number of allylic oxidation sites excluding steroid dienone is 1. The zero-order valence-corrected chi connectivity index (χ0v) is 20.1. The molecule has 1 aliphatic heterocycles. The van der Waals surface area contributed by atoms with Crippen LogP contribution in [-0.2, 0) is 6.42 Å². The van der Waals surface area contributed by atoms with Crippen molar-refractivity contribution in [3.8, 4) is 5.75 Å². The van der Waals surface area contributed by atoms with Crippen LogP contribution in [0.2, 0.25) is 0 Å². The van der Waals surface area contributed by atoms with E-state index in [0.717, 1.165) is 34.7 Å². The summed E-state index contributed by atoms with van der Waals surface area (Å²) in [5, 5.41) is 2.08. The topological polar surface area (TPSA) is 43.6 Å². The van der Waals surface area contributed by atoms with Crippen LogP contribution < -0.4 is 19.6 Å². The molecule has 0 spiro atoms. The maximum absolute atomic E-state index is 13.8. The van der Waals surface area contributed by atoms with E-state index in [1.54, 1.807) is 17.4 Å². The summed E-state index contributed by atoms with van der Waals surface area (Å²) in [7, 11) is 0. The maximum Gasteiger partial charge on any atom is 0.271 e. The molecule has 2 aromatic carbocycles. The van der Waals surface area contributed by atoms with Crippen LogP contribution in [0.15, 0.2) is 94.1 Å². The summed E-state index contributed by atoms with van der Waals surface area (Å²) in [5.41, 5.74) is 5.63. The van der Waals surface area contributed by atoms with Crippen molar-refractivity contribution in [1.82, 2.24) is 4.57 Å². The summed E-state index contributed by atoms with van der Waals surface area (Å²) in [6.07, 6.45) is 5.50. The minimum Gasteiger partial charge on any atom is -0.489 e. The van der Waals surface area contributed by atoms with Crippen molar-refractivity contribution in [3.63, 3.8) is 0 Å². The Labute approximate surface area is 205 Å². The van der Waals surface area contributed by atoms with Gasteiger partial charge in [0.1, 0.15) is 12.4 Å². The van der Waals surface area contributed by atoms with E-state index >= 15 is 0 Å². The van der Waals surface area contributed by atoms with Gasteiger partial charge in [0.05, 0.1) is 16.3 Å². The number of aromatic nitrogens is 1. The van der Waals surface area contributed by atoms with Gasteiger partial charge in [0.15, 0.2) is 4.80 Å². The Hall–Kier alpha value is -3.48. The molecule has 0 saturated heterocycles. The SMILES string of the molecule is C=CCOc1ccccc1C=c1sc2n(c1=O)C(c1cccs1)C1=C(N=2)c2ccccc2CC1. The number of benzene rings is 2. The van der Waals surface area contributed by atoms with Crippen molar-refractivity contribution in [3.05, 3.63) is 126 Å². The molecule has 4 nitrogen and oxygen atoms in total. The molecule has 4 aromatic rings. The predicted octanol–water partition coefficient (Wildman–Crippen LogP) is 4.95. The highest BCUT2D eigenvalue weighted by atomic mass is 32.1. The van der Waals surface area contributed by atoms with E-state index in [9.17, 15) is 4.79 Å². The standard InChI is InChI=1S/C28H22N2O2S2/c1-2-15-32-22-11-6-4-9-19(22)17-24-27(31)30-26(23-12-7-16-33-23)21-14-13-18-8-3-5-10-20(18)25(21)29-28(30)34-24/h2-12,16-17,26H,1,13-15H2. The quantitative estimate of drug-likeness (QED) is 0.378. The highest BCUT2D eigenvalue weighted by Crippen LogP contribution is 2.42.